The van der Waals surface area contributed by atoms with E-state index in [0.717, 1.165) is 19.0 Å². The molecule has 3 nitrogen and oxygen atoms in total. The fourth-order valence-electron chi connectivity index (χ4n) is 2.64. The number of carbonyl (C=O) groups is 1. The van der Waals surface area contributed by atoms with E-state index in [9.17, 15) is 4.79 Å². The van der Waals surface area contributed by atoms with Crippen LogP contribution in [0, 0.1) is 11.3 Å². The zero-order valence-corrected chi connectivity index (χ0v) is 11.6. The lowest BCUT2D eigenvalue weighted by molar-refractivity contribution is -0.129. The highest BCUT2D eigenvalue weighted by Crippen LogP contribution is 2.31. The third kappa shape index (κ3) is 3.44. The summed E-state index contributed by atoms with van der Waals surface area (Å²) in [7, 11) is 0. The van der Waals surface area contributed by atoms with Gasteiger partial charge in [-0.05, 0) is 25.2 Å². The van der Waals surface area contributed by atoms with Crippen molar-refractivity contribution in [2.75, 3.05) is 13.1 Å². The van der Waals surface area contributed by atoms with Gasteiger partial charge in [0.25, 0.3) is 0 Å². The molecule has 0 aromatic heterocycles. The molecule has 0 spiro atoms. The highest BCUT2D eigenvalue weighted by Gasteiger charge is 2.36. The number of hydrogen-bond acceptors (Lipinski definition) is 2. The number of nitrogens with one attached hydrogen (secondary N) is 1. The van der Waals surface area contributed by atoms with E-state index in [1.807, 2.05) is 20.8 Å². The molecule has 1 saturated carbocycles. The van der Waals surface area contributed by atoms with E-state index in [-0.39, 0.29) is 11.3 Å². The Morgan fingerprint density at radius 1 is 1.24 bits per heavy atom. The molecule has 2 rings (SSSR count). The van der Waals surface area contributed by atoms with Gasteiger partial charge in [0, 0.05) is 30.6 Å². The van der Waals surface area contributed by atoms with Crippen LogP contribution >= 0.6 is 0 Å². The van der Waals surface area contributed by atoms with Gasteiger partial charge < -0.3 is 5.32 Å². The van der Waals surface area contributed by atoms with Crippen molar-refractivity contribution in [1.82, 2.24) is 10.2 Å². The molecule has 3 heteroatoms. The molecular weight excluding hydrogens is 212 g/mol. The Bertz CT molecular complexity index is 291. The van der Waals surface area contributed by atoms with Crippen molar-refractivity contribution in [3.8, 4) is 0 Å². The SMILES string of the molecule is CC1CC(NC(=O)C(C)(C)C)CN(C2CC2)C1. The maximum absolute atomic E-state index is 12.0. The van der Waals surface area contributed by atoms with Crippen LogP contribution in [-0.4, -0.2) is 36.0 Å². The molecule has 2 aliphatic rings. The van der Waals surface area contributed by atoms with Crippen molar-refractivity contribution < 1.29 is 4.79 Å². The van der Waals surface area contributed by atoms with E-state index in [2.05, 4.69) is 17.1 Å². The Morgan fingerprint density at radius 3 is 2.41 bits per heavy atom. The molecule has 0 aromatic carbocycles. The van der Waals surface area contributed by atoms with E-state index in [4.69, 9.17) is 0 Å². The fourth-order valence-corrected chi connectivity index (χ4v) is 2.64. The van der Waals surface area contributed by atoms with Gasteiger partial charge in [-0.25, -0.2) is 0 Å². The molecule has 1 amide bonds. The second kappa shape index (κ2) is 4.60. The molecular formula is C14H26N2O. The first-order chi connectivity index (χ1) is 7.86. The quantitative estimate of drug-likeness (QED) is 0.798. The molecule has 1 aliphatic carbocycles. The topological polar surface area (TPSA) is 32.3 Å². The van der Waals surface area contributed by atoms with Crippen LogP contribution in [0.3, 0.4) is 0 Å². The lowest BCUT2D eigenvalue weighted by Crippen LogP contribution is -2.52. The summed E-state index contributed by atoms with van der Waals surface area (Å²) >= 11 is 0. The first kappa shape index (κ1) is 12.9. The number of carbonyl (C=O) groups excluding carboxylic acids is 1. The Labute approximate surface area is 105 Å². The molecule has 1 heterocycles. The fraction of sp³-hybridized carbons (Fsp3) is 0.929. The van der Waals surface area contributed by atoms with Crippen LogP contribution < -0.4 is 5.32 Å². The molecule has 1 saturated heterocycles. The second-order valence-electron chi connectivity index (χ2n) is 6.95. The number of amides is 1. The molecule has 2 atom stereocenters. The van der Waals surface area contributed by atoms with Crippen LogP contribution in [0.25, 0.3) is 0 Å². The monoisotopic (exact) mass is 238 g/mol. The third-order valence-electron chi connectivity index (χ3n) is 3.77. The largest absolute Gasteiger partial charge is 0.352 e. The standard InChI is InChI=1S/C14H26N2O/c1-10-7-11(15-13(17)14(2,3)4)9-16(8-10)12-5-6-12/h10-12H,5-9H2,1-4H3,(H,15,17). The van der Waals surface area contributed by atoms with Gasteiger partial charge in [-0.3, -0.25) is 9.69 Å². The first-order valence-electron chi connectivity index (χ1n) is 6.91. The van der Waals surface area contributed by atoms with Crippen LogP contribution in [0.1, 0.15) is 47.0 Å². The third-order valence-corrected chi connectivity index (χ3v) is 3.77. The van der Waals surface area contributed by atoms with Crippen LogP contribution in [0.15, 0.2) is 0 Å². The smallest absolute Gasteiger partial charge is 0.225 e. The summed E-state index contributed by atoms with van der Waals surface area (Å²) in [5, 5.41) is 3.22. The molecule has 17 heavy (non-hydrogen) atoms. The van der Waals surface area contributed by atoms with E-state index < -0.39 is 0 Å². The van der Waals surface area contributed by atoms with Gasteiger partial charge in [-0.1, -0.05) is 27.7 Å². The summed E-state index contributed by atoms with van der Waals surface area (Å²) in [6.07, 6.45) is 3.84. The summed E-state index contributed by atoms with van der Waals surface area (Å²) in [5.74, 6) is 0.891. The van der Waals surface area contributed by atoms with Crippen molar-refractivity contribution in [3.05, 3.63) is 0 Å². The zero-order valence-electron chi connectivity index (χ0n) is 11.6. The molecule has 0 bridgehead atoms. The molecule has 98 valence electrons. The first-order valence-corrected chi connectivity index (χ1v) is 6.91. The van der Waals surface area contributed by atoms with Gasteiger partial charge >= 0.3 is 0 Å². The maximum atomic E-state index is 12.0. The molecule has 1 aliphatic heterocycles. The average Bonchev–Trinajstić information content (AvgIpc) is 2.97. The average molecular weight is 238 g/mol. The Balaban J connectivity index is 1.89. The molecule has 2 unspecified atom stereocenters. The summed E-state index contributed by atoms with van der Waals surface area (Å²) in [5.41, 5.74) is -0.273. The normalized spacial score (nSPS) is 31.3. The van der Waals surface area contributed by atoms with Crippen molar-refractivity contribution in [2.45, 2.75) is 59.0 Å². The van der Waals surface area contributed by atoms with E-state index in [1.54, 1.807) is 0 Å². The van der Waals surface area contributed by atoms with Gasteiger partial charge in [0.05, 0.1) is 0 Å². The molecule has 1 N–H and O–H groups in total. The van der Waals surface area contributed by atoms with Crippen molar-refractivity contribution >= 4 is 5.91 Å². The minimum atomic E-state index is -0.273. The van der Waals surface area contributed by atoms with Gasteiger partial charge in [0.2, 0.25) is 5.91 Å². The van der Waals surface area contributed by atoms with Crippen molar-refractivity contribution in [1.29, 1.82) is 0 Å². The lowest BCUT2D eigenvalue weighted by Gasteiger charge is -2.38. The molecule has 0 aromatic rings. The molecule has 0 radical (unpaired) electrons. The number of rotatable bonds is 2. The summed E-state index contributed by atoms with van der Waals surface area (Å²) < 4.78 is 0. The minimum Gasteiger partial charge on any atom is -0.352 e. The van der Waals surface area contributed by atoms with Crippen LogP contribution in [0.4, 0.5) is 0 Å². The van der Waals surface area contributed by atoms with Crippen molar-refractivity contribution in [2.24, 2.45) is 11.3 Å². The summed E-state index contributed by atoms with van der Waals surface area (Å²) in [6.45, 7) is 10.5. The number of nitrogens with zero attached hydrogens (tertiary/aromatic N) is 1. The number of likely N-dealkylation sites (tertiary alicyclic amines) is 1. The maximum Gasteiger partial charge on any atom is 0.225 e. The highest BCUT2D eigenvalue weighted by molar-refractivity contribution is 5.81. The Morgan fingerprint density at radius 2 is 1.88 bits per heavy atom. The van der Waals surface area contributed by atoms with E-state index in [1.165, 1.54) is 19.4 Å². The zero-order chi connectivity index (χ0) is 12.6. The Kier molecular flexibility index (Phi) is 3.48. The molecule has 2 fully saturated rings. The number of piperidine rings is 1. The van der Waals surface area contributed by atoms with Gasteiger partial charge in [-0.15, -0.1) is 0 Å². The van der Waals surface area contributed by atoms with Gasteiger partial charge in [-0.2, -0.15) is 0 Å². The highest BCUT2D eigenvalue weighted by atomic mass is 16.2. The predicted molar refractivity (Wildman–Crippen MR) is 69.8 cm³/mol. The second-order valence-corrected chi connectivity index (χ2v) is 6.95. The predicted octanol–water partition coefficient (Wildman–Crippen LogP) is 2.02. The lowest BCUT2D eigenvalue weighted by atomic mass is 9.92. The number of hydrogen-bond donors (Lipinski definition) is 1. The minimum absolute atomic E-state index is 0.187. The van der Waals surface area contributed by atoms with E-state index in [0.29, 0.717) is 12.0 Å². The van der Waals surface area contributed by atoms with Crippen LogP contribution in [0.5, 0.6) is 0 Å². The Hall–Kier alpha value is -0.570. The summed E-state index contributed by atoms with van der Waals surface area (Å²) in [4.78, 5) is 14.6. The van der Waals surface area contributed by atoms with Crippen molar-refractivity contribution in [3.63, 3.8) is 0 Å². The summed E-state index contributed by atoms with van der Waals surface area (Å²) in [6, 6.07) is 1.16. The van der Waals surface area contributed by atoms with Gasteiger partial charge in [0.15, 0.2) is 0 Å². The van der Waals surface area contributed by atoms with Crippen LogP contribution in [0.2, 0.25) is 0 Å². The van der Waals surface area contributed by atoms with Crippen LogP contribution in [-0.2, 0) is 4.79 Å². The van der Waals surface area contributed by atoms with E-state index >= 15 is 0 Å². The van der Waals surface area contributed by atoms with Gasteiger partial charge in [0.1, 0.15) is 0 Å².